The molecule has 0 bridgehead atoms. The highest BCUT2D eigenvalue weighted by atomic mass is 32.2. The molecule has 1 aromatic carbocycles. The van der Waals surface area contributed by atoms with Gasteiger partial charge in [-0.05, 0) is 56.0 Å². The molecule has 2 aromatic heterocycles. The number of thioether (sulfide) groups is 1. The molecule has 4 rings (SSSR count). The molecule has 34 heavy (non-hydrogen) atoms. The minimum Gasteiger partial charge on any atom is -0.497 e. The molecule has 2 heterocycles. The number of hydrogen-bond donors (Lipinski definition) is 1. The molecule has 1 N–H and O–H groups in total. The zero-order valence-corrected chi connectivity index (χ0v) is 20.9. The van der Waals surface area contributed by atoms with E-state index in [2.05, 4.69) is 15.5 Å². The van der Waals surface area contributed by atoms with Crippen LogP contribution >= 0.6 is 23.1 Å². The van der Waals surface area contributed by atoms with E-state index in [9.17, 15) is 9.59 Å². The highest BCUT2D eigenvalue weighted by molar-refractivity contribution is 7.99. The van der Waals surface area contributed by atoms with E-state index in [0.29, 0.717) is 33.9 Å². The van der Waals surface area contributed by atoms with Gasteiger partial charge in [0.05, 0.1) is 25.0 Å². The normalized spacial score (nSPS) is 12.3. The number of amides is 1. The summed E-state index contributed by atoms with van der Waals surface area (Å²) in [4.78, 5) is 26.3. The number of esters is 1. The molecule has 1 amide bonds. The molecule has 0 atom stereocenters. The maximum atomic E-state index is 12.7. The summed E-state index contributed by atoms with van der Waals surface area (Å²) in [6.07, 6.45) is 2.79. The molecule has 0 radical (unpaired) electrons. The Morgan fingerprint density at radius 3 is 2.68 bits per heavy atom. The molecular weight excluding hydrogens is 476 g/mol. The second-order valence-electron chi connectivity index (χ2n) is 7.54. The SMILES string of the molecule is CCOC(=O)c1c(NC(=O)CSc2nnc(COc3ccc(OC)cc3)n2C)sc2c1CCC2. The van der Waals surface area contributed by atoms with E-state index < -0.39 is 0 Å². The van der Waals surface area contributed by atoms with Crippen LogP contribution in [0.25, 0.3) is 0 Å². The number of methoxy groups -OCH3 is 1. The Bertz CT molecular complexity index is 1170. The van der Waals surface area contributed by atoms with E-state index in [1.807, 2.05) is 31.3 Å². The van der Waals surface area contributed by atoms with Crippen LogP contribution in [-0.4, -0.2) is 46.1 Å². The molecule has 1 aliphatic rings. The Morgan fingerprint density at radius 1 is 1.18 bits per heavy atom. The van der Waals surface area contributed by atoms with Crippen LogP contribution in [0.2, 0.25) is 0 Å². The Morgan fingerprint density at radius 2 is 1.94 bits per heavy atom. The van der Waals surface area contributed by atoms with Crippen molar-refractivity contribution < 1.29 is 23.8 Å². The number of aryl methyl sites for hydroxylation is 1. The molecule has 0 unspecified atom stereocenters. The summed E-state index contributed by atoms with van der Waals surface area (Å²) < 4.78 is 17.9. The molecule has 0 aliphatic heterocycles. The van der Waals surface area contributed by atoms with Crippen LogP contribution in [0, 0.1) is 0 Å². The van der Waals surface area contributed by atoms with Crippen molar-refractivity contribution in [3.05, 3.63) is 46.1 Å². The van der Waals surface area contributed by atoms with Crippen LogP contribution in [0.4, 0.5) is 5.00 Å². The minimum absolute atomic E-state index is 0.135. The Labute approximate surface area is 205 Å². The van der Waals surface area contributed by atoms with Gasteiger partial charge in [-0.1, -0.05) is 11.8 Å². The van der Waals surface area contributed by atoms with Crippen LogP contribution in [0.3, 0.4) is 0 Å². The van der Waals surface area contributed by atoms with E-state index in [1.165, 1.54) is 23.1 Å². The lowest BCUT2D eigenvalue weighted by molar-refractivity contribution is -0.113. The van der Waals surface area contributed by atoms with Gasteiger partial charge in [0.2, 0.25) is 5.91 Å². The molecule has 0 spiro atoms. The summed E-state index contributed by atoms with van der Waals surface area (Å²) in [5.74, 6) is 1.63. The van der Waals surface area contributed by atoms with E-state index in [4.69, 9.17) is 14.2 Å². The first-order chi connectivity index (χ1) is 16.5. The fourth-order valence-electron chi connectivity index (χ4n) is 3.62. The fourth-order valence-corrected chi connectivity index (χ4v) is 5.64. The largest absolute Gasteiger partial charge is 0.497 e. The van der Waals surface area contributed by atoms with Crippen molar-refractivity contribution in [1.82, 2.24) is 14.8 Å². The van der Waals surface area contributed by atoms with Crippen molar-refractivity contribution >= 4 is 40.0 Å². The summed E-state index contributed by atoms with van der Waals surface area (Å²) in [6, 6.07) is 7.28. The second kappa shape index (κ2) is 10.9. The monoisotopic (exact) mass is 502 g/mol. The molecule has 0 saturated carbocycles. The molecule has 0 fully saturated rings. The minimum atomic E-state index is -0.375. The van der Waals surface area contributed by atoms with E-state index in [0.717, 1.165) is 35.5 Å². The first kappa shape index (κ1) is 24.1. The predicted molar refractivity (Wildman–Crippen MR) is 130 cm³/mol. The van der Waals surface area contributed by atoms with Crippen molar-refractivity contribution in [2.45, 2.75) is 37.9 Å². The van der Waals surface area contributed by atoms with E-state index >= 15 is 0 Å². The lowest BCUT2D eigenvalue weighted by Crippen LogP contribution is -2.17. The zero-order chi connectivity index (χ0) is 24.1. The third-order valence-electron chi connectivity index (χ3n) is 5.34. The van der Waals surface area contributed by atoms with Crippen LogP contribution in [0.1, 0.15) is 40.0 Å². The highest BCUT2D eigenvalue weighted by Gasteiger charge is 2.28. The number of benzene rings is 1. The zero-order valence-electron chi connectivity index (χ0n) is 19.3. The number of ether oxygens (including phenoxy) is 3. The summed E-state index contributed by atoms with van der Waals surface area (Å²) in [5.41, 5.74) is 1.52. The van der Waals surface area contributed by atoms with Crippen molar-refractivity contribution in [1.29, 1.82) is 0 Å². The topological polar surface area (TPSA) is 105 Å². The molecule has 1 aliphatic carbocycles. The lowest BCUT2D eigenvalue weighted by atomic mass is 10.1. The standard InChI is InChI=1S/C23H26N4O5S2/c1-4-31-22(29)20-16-6-5-7-17(16)34-21(20)24-19(28)13-33-23-26-25-18(27(23)2)12-32-15-10-8-14(30-3)9-11-15/h8-11H,4-7,12-13H2,1-3H3,(H,24,28). The van der Waals surface area contributed by atoms with Crippen LogP contribution in [0.15, 0.2) is 29.4 Å². The predicted octanol–water partition coefficient (Wildman–Crippen LogP) is 3.86. The van der Waals surface area contributed by atoms with Gasteiger partial charge in [-0.15, -0.1) is 21.5 Å². The Balaban J connectivity index is 1.34. The Hall–Kier alpha value is -3.05. The van der Waals surface area contributed by atoms with Crippen LogP contribution in [0.5, 0.6) is 11.5 Å². The van der Waals surface area contributed by atoms with Crippen molar-refractivity contribution in [3.63, 3.8) is 0 Å². The quantitative estimate of drug-likeness (QED) is 0.329. The summed E-state index contributed by atoms with van der Waals surface area (Å²) >= 11 is 2.74. The van der Waals surface area contributed by atoms with Gasteiger partial charge in [-0.25, -0.2) is 4.79 Å². The number of rotatable bonds is 10. The number of thiophene rings is 1. The highest BCUT2D eigenvalue weighted by Crippen LogP contribution is 2.39. The van der Waals surface area contributed by atoms with Gasteiger partial charge in [-0.2, -0.15) is 0 Å². The van der Waals surface area contributed by atoms with Gasteiger partial charge in [-0.3, -0.25) is 4.79 Å². The van der Waals surface area contributed by atoms with Crippen molar-refractivity contribution in [3.8, 4) is 11.5 Å². The molecule has 3 aromatic rings. The summed E-state index contributed by atoms with van der Waals surface area (Å²) in [5, 5.41) is 12.4. The van der Waals surface area contributed by atoms with Gasteiger partial charge < -0.3 is 24.1 Å². The number of aromatic nitrogens is 3. The second-order valence-corrected chi connectivity index (χ2v) is 9.59. The van der Waals surface area contributed by atoms with Gasteiger partial charge in [0.1, 0.15) is 23.1 Å². The number of fused-ring (bicyclic) bond motifs is 1. The number of carbonyl (C=O) groups excluding carboxylic acids is 2. The van der Waals surface area contributed by atoms with E-state index in [-0.39, 0.29) is 24.2 Å². The number of carbonyl (C=O) groups is 2. The van der Waals surface area contributed by atoms with Crippen LogP contribution < -0.4 is 14.8 Å². The molecule has 9 nitrogen and oxygen atoms in total. The first-order valence-corrected chi connectivity index (χ1v) is 12.7. The number of hydrogen-bond acceptors (Lipinski definition) is 9. The Kier molecular flexibility index (Phi) is 7.73. The molecule has 0 saturated heterocycles. The number of nitrogens with one attached hydrogen (secondary N) is 1. The maximum Gasteiger partial charge on any atom is 0.341 e. The van der Waals surface area contributed by atoms with Crippen molar-refractivity contribution in [2.75, 3.05) is 24.8 Å². The molecule has 180 valence electrons. The third-order valence-corrected chi connectivity index (χ3v) is 7.57. The van der Waals surface area contributed by atoms with Gasteiger partial charge in [0, 0.05) is 11.9 Å². The molecular formula is C23H26N4O5S2. The summed E-state index contributed by atoms with van der Waals surface area (Å²) in [6.45, 7) is 2.31. The average Bonchev–Trinajstić information content (AvgIpc) is 3.51. The molecule has 11 heteroatoms. The van der Waals surface area contributed by atoms with Gasteiger partial charge in [0.15, 0.2) is 11.0 Å². The third kappa shape index (κ3) is 5.36. The summed E-state index contributed by atoms with van der Waals surface area (Å²) in [7, 11) is 3.44. The van der Waals surface area contributed by atoms with Gasteiger partial charge in [0.25, 0.3) is 0 Å². The maximum absolute atomic E-state index is 12.7. The lowest BCUT2D eigenvalue weighted by Gasteiger charge is -2.08. The van der Waals surface area contributed by atoms with Crippen molar-refractivity contribution in [2.24, 2.45) is 7.05 Å². The van der Waals surface area contributed by atoms with Crippen LogP contribution in [-0.2, 0) is 36.0 Å². The average molecular weight is 503 g/mol. The fraction of sp³-hybridized carbons (Fsp3) is 0.391. The van der Waals surface area contributed by atoms with E-state index in [1.54, 1.807) is 18.6 Å². The number of anilines is 1. The smallest absolute Gasteiger partial charge is 0.341 e. The number of nitrogens with zero attached hydrogens (tertiary/aromatic N) is 3. The van der Waals surface area contributed by atoms with Gasteiger partial charge >= 0.3 is 5.97 Å². The first-order valence-electron chi connectivity index (χ1n) is 10.9.